The third-order valence-corrected chi connectivity index (χ3v) is 7.36. The molecule has 1 amide bonds. The Balaban J connectivity index is 1.99. The summed E-state index contributed by atoms with van der Waals surface area (Å²) in [6, 6.07) is 6.03. The third-order valence-electron chi connectivity index (χ3n) is 5.47. The summed E-state index contributed by atoms with van der Waals surface area (Å²) in [6.45, 7) is -0.956. The molecular formula is C23H27F3N2O7S. The zero-order chi connectivity index (χ0) is 26.5. The molecule has 0 unspecified atom stereocenters. The van der Waals surface area contributed by atoms with Gasteiger partial charge in [0.05, 0.1) is 31.9 Å². The first-order chi connectivity index (χ1) is 17.0. The molecule has 9 nitrogen and oxygen atoms in total. The molecule has 3 rings (SSSR count). The van der Waals surface area contributed by atoms with E-state index in [0.29, 0.717) is 25.9 Å². The number of anilines is 1. The smallest absolute Gasteiger partial charge is 0.422 e. The van der Waals surface area contributed by atoms with Crippen molar-refractivity contribution in [2.45, 2.75) is 30.3 Å². The van der Waals surface area contributed by atoms with Crippen LogP contribution in [0.25, 0.3) is 0 Å². The van der Waals surface area contributed by atoms with Crippen molar-refractivity contribution >= 4 is 21.6 Å². The lowest BCUT2D eigenvalue weighted by Gasteiger charge is -2.26. The first-order valence-corrected chi connectivity index (χ1v) is 12.4. The van der Waals surface area contributed by atoms with Gasteiger partial charge in [0.25, 0.3) is 5.91 Å². The highest BCUT2D eigenvalue weighted by molar-refractivity contribution is 7.89. The number of methoxy groups -OCH3 is 3. The van der Waals surface area contributed by atoms with Crippen molar-refractivity contribution in [1.82, 2.24) is 4.31 Å². The van der Waals surface area contributed by atoms with E-state index in [1.54, 1.807) is 0 Å². The lowest BCUT2D eigenvalue weighted by atomic mass is 10.1. The quantitative estimate of drug-likeness (QED) is 0.519. The Labute approximate surface area is 207 Å². The summed E-state index contributed by atoms with van der Waals surface area (Å²) in [7, 11) is 0.176. The van der Waals surface area contributed by atoms with Gasteiger partial charge < -0.3 is 24.3 Å². The standard InChI is InChI=1S/C23H27F3N2O7S/c1-32-19-11-15(12-20(33-2)21(19)34-3)22(29)27-17-13-16(7-8-18(17)35-14-23(24,25)26)36(30,31)28-9-5-4-6-10-28/h7-8,11-13H,4-6,9-10,14H2,1-3H3,(H,27,29). The van der Waals surface area contributed by atoms with Gasteiger partial charge in [0, 0.05) is 18.7 Å². The molecule has 1 heterocycles. The Morgan fingerprint density at radius 1 is 0.944 bits per heavy atom. The number of ether oxygens (including phenoxy) is 4. The number of sulfonamides is 1. The lowest BCUT2D eigenvalue weighted by molar-refractivity contribution is -0.153. The number of benzene rings is 2. The number of nitrogens with zero attached hydrogens (tertiary/aromatic N) is 1. The van der Waals surface area contributed by atoms with Gasteiger partial charge in [-0.05, 0) is 43.2 Å². The molecule has 0 radical (unpaired) electrons. The molecule has 0 atom stereocenters. The van der Waals surface area contributed by atoms with E-state index in [9.17, 15) is 26.4 Å². The van der Waals surface area contributed by atoms with E-state index >= 15 is 0 Å². The van der Waals surface area contributed by atoms with Crippen LogP contribution >= 0.6 is 0 Å². The summed E-state index contributed by atoms with van der Waals surface area (Å²) < 4.78 is 86.5. The van der Waals surface area contributed by atoms with Gasteiger partial charge in [0.2, 0.25) is 15.8 Å². The molecule has 0 saturated carbocycles. The Morgan fingerprint density at radius 3 is 2.08 bits per heavy atom. The van der Waals surface area contributed by atoms with E-state index in [1.807, 2.05) is 0 Å². The average Bonchev–Trinajstić information content (AvgIpc) is 2.86. The van der Waals surface area contributed by atoms with Crippen LogP contribution in [0.2, 0.25) is 0 Å². The minimum Gasteiger partial charge on any atom is -0.493 e. The van der Waals surface area contributed by atoms with E-state index in [0.717, 1.165) is 24.6 Å². The summed E-state index contributed by atoms with van der Waals surface area (Å²) in [5, 5.41) is 2.45. The molecule has 1 fully saturated rings. The number of nitrogens with one attached hydrogen (secondary N) is 1. The predicted octanol–water partition coefficient (Wildman–Crippen LogP) is 4.08. The molecule has 0 bridgehead atoms. The fraction of sp³-hybridized carbons (Fsp3) is 0.435. The van der Waals surface area contributed by atoms with Crippen molar-refractivity contribution in [3.05, 3.63) is 35.9 Å². The van der Waals surface area contributed by atoms with Crippen LogP contribution in [0.5, 0.6) is 23.0 Å². The molecule has 0 aromatic heterocycles. The van der Waals surface area contributed by atoms with Crippen LogP contribution < -0.4 is 24.3 Å². The fourth-order valence-electron chi connectivity index (χ4n) is 3.71. The normalized spacial score (nSPS) is 14.7. The van der Waals surface area contributed by atoms with Gasteiger partial charge in [0.1, 0.15) is 5.75 Å². The summed E-state index contributed by atoms with van der Waals surface area (Å²) in [5.41, 5.74) is -0.216. The number of rotatable bonds is 9. The summed E-state index contributed by atoms with van der Waals surface area (Å²) in [5.74, 6) is -0.515. The lowest BCUT2D eigenvalue weighted by Crippen LogP contribution is -2.35. The van der Waals surface area contributed by atoms with Gasteiger partial charge in [-0.2, -0.15) is 17.5 Å². The number of halogens is 3. The maximum absolute atomic E-state index is 13.1. The molecule has 1 saturated heterocycles. The highest BCUT2D eigenvalue weighted by atomic mass is 32.2. The number of amides is 1. The monoisotopic (exact) mass is 532 g/mol. The molecule has 36 heavy (non-hydrogen) atoms. The Kier molecular flexibility index (Phi) is 8.56. The van der Waals surface area contributed by atoms with Crippen LogP contribution in [0, 0.1) is 0 Å². The highest BCUT2D eigenvalue weighted by Gasteiger charge is 2.31. The Hall–Kier alpha value is -3.19. The summed E-state index contributed by atoms with van der Waals surface area (Å²) >= 11 is 0. The van der Waals surface area contributed by atoms with Crippen molar-refractivity contribution in [2.24, 2.45) is 0 Å². The molecule has 1 aliphatic heterocycles. The second kappa shape index (κ2) is 11.2. The van der Waals surface area contributed by atoms with Crippen molar-refractivity contribution in [3.8, 4) is 23.0 Å². The van der Waals surface area contributed by atoms with Gasteiger partial charge in [-0.25, -0.2) is 8.42 Å². The number of hydrogen-bond donors (Lipinski definition) is 1. The second-order valence-corrected chi connectivity index (χ2v) is 9.83. The molecule has 13 heteroatoms. The van der Waals surface area contributed by atoms with Crippen LogP contribution in [0.15, 0.2) is 35.2 Å². The highest BCUT2D eigenvalue weighted by Crippen LogP contribution is 2.39. The van der Waals surface area contributed by atoms with E-state index in [4.69, 9.17) is 18.9 Å². The number of hydrogen-bond acceptors (Lipinski definition) is 7. The maximum Gasteiger partial charge on any atom is 0.422 e. The zero-order valence-corrected chi connectivity index (χ0v) is 20.8. The van der Waals surface area contributed by atoms with Crippen LogP contribution in [-0.4, -0.2) is 65.8 Å². The molecule has 2 aromatic rings. The van der Waals surface area contributed by atoms with Crippen LogP contribution in [-0.2, 0) is 10.0 Å². The van der Waals surface area contributed by atoms with Crippen molar-refractivity contribution in [1.29, 1.82) is 0 Å². The molecule has 0 spiro atoms. The number of piperidine rings is 1. The van der Waals surface area contributed by atoms with E-state index < -0.39 is 28.7 Å². The number of alkyl halides is 3. The van der Waals surface area contributed by atoms with Crippen LogP contribution in [0.4, 0.5) is 18.9 Å². The van der Waals surface area contributed by atoms with Gasteiger partial charge in [-0.1, -0.05) is 6.42 Å². The van der Waals surface area contributed by atoms with Crippen LogP contribution in [0.3, 0.4) is 0 Å². The maximum atomic E-state index is 13.1. The summed E-state index contributed by atoms with van der Waals surface area (Å²) in [6.07, 6.45) is -2.32. The van der Waals surface area contributed by atoms with Gasteiger partial charge >= 0.3 is 6.18 Å². The Morgan fingerprint density at radius 2 is 1.56 bits per heavy atom. The topological polar surface area (TPSA) is 103 Å². The third kappa shape index (κ3) is 6.32. The zero-order valence-electron chi connectivity index (χ0n) is 20.0. The molecule has 1 aliphatic rings. The van der Waals surface area contributed by atoms with Crippen molar-refractivity contribution < 1.29 is 45.3 Å². The SMILES string of the molecule is COc1cc(C(=O)Nc2cc(S(=O)(=O)N3CCCCC3)ccc2OCC(F)(F)F)cc(OC)c1OC. The molecular weight excluding hydrogens is 505 g/mol. The number of carbonyl (C=O) groups is 1. The largest absolute Gasteiger partial charge is 0.493 e. The van der Waals surface area contributed by atoms with Gasteiger partial charge in [-0.15, -0.1) is 0 Å². The molecule has 198 valence electrons. The van der Waals surface area contributed by atoms with E-state index in [2.05, 4.69) is 5.32 Å². The average molecular weight is 533 g/mol. The van der Waals surface area contributed by atoms with Crippen molar-refractivity contribution in [2.75, 3.05) is 46.3 Å². The minimum absolute atomic E-state index is 0.0237. The summed E-state index contributed by atoms with van der Waals surface area (Å²) in [4.78, 5) is 12.9. The minimum atomic E-state index is -4.64. The van der Waals surface area contributed by atoms with Gasteiger partial charge in [0.15, 0.2) is 18.1 Å². The first kappa shape index (κ1) is 27.4. The molecule has 1 N–H and O–H groups in total. The molecule has 0 aliphatic carbocycles. The van der Waals surface area contributed by atoms with Crippen molar-refractivity contribution in [3.63, 3.8) is 0 Å². The Bertz CT molecular complexity index is 1170. The fourth-order valence-corrected chi connectivity index (χ4v) is 5.26. The van der Waals surface area contributed by atoms with E-state index in [1.165, 1.54) is 37.8 Å². The van der Waals surface area contributed by atoms with Crippen LogP contribution in [0.1, 0.15) is 29.6 Å². The van der Waals surface area contributed by atoms with E-state index in [-0.39, 0.29) is 39.1 Å². The van der Waals surface area contributed by atoms with Gasteiger partial charge in [-0.3, -0.25) is 4.79 Å². The second-order valence-electron chi connectivity index (χ2n) is 7.89. The molecule has 2 aromatic carbocycles. The first-order valence-electron chi connectivity index (χ1n) is 10.9. The number of carbonyl (C=O) groups excluding carboxylic acids is 1. The predicted molar refractivity (Wildman–Crippen MR) is 125 cm³/mol.